The molecule has 27 heavy (non-hydrogen) atoms. The average molecular weight is 370 g/mol. The molecule has 0 unspecified atom stereocenters. The maximum Gasteiger partial charge on any atom is 0.222 e. The van der Waals surface area contributed by atoms with Crippen LogP contribution < -0.4 is 4.74 Å². The van der Waals surface area contributed by atoms with Gasteiger partial charge in [0.2, 0.25) is 5.91 Å². The third kappa shape index (κ3) is 6.42. The lowest BCUT2D eigenvalue weighted by atomic mass is 10.0. The van der Waals surface area contributed by atoms with Crippen LogP contribution in [0.15, 0.2) is 42.7 Å². The van der Waals surface area contributed by atoms with Gasteiger partial charge in [0, 0.05) is 31.9 Å². The minimum atomic E-state index is 0.230. The lowest BCUT2D eigenvalue weighted by Crippen LogP contribution is -2.35. The van der Waals surface area contributed by atoms with Crippen LogP contribution in [0.5, 0.6) is 5.75 Å². The van der Waals surface area contributed by atoms with E-state index < -0.39 is 0 Å². The Hall–Kier alpha value is -2.30. The molecule has 1 aliphatic heterocycles. The molecule has 2 aromatic rings. The lowest BCUT2D eigenvalue weighted by molar-refractivity contribution is -0.131. The number of amides is 1. The zero-order chi connectivity index (χ0) is 18.7. The minimum Gasteiger partial charge on any atom is -0.491 e. The van der Waals surface area contributed by atoms with Gasteiger partial charge in [0.15, 0.2) is 0 Å². The predicted molar refractivity (Wildman–Crippen MR) is 107 cm³/mol. The molecule has 0 spiro atoms. The second-order valence-electron chi connectivity index (χ2n) is 7.23. The minimum absolute atomic E-state index is 0.230. The van der Waals surface area contributed by atoms with Crippen LogP contribution in [0.3, 0.4) is 0 Å². The van der Waals surface area contributed by atoms with E-state index in [-0.39, 0.29) is 5.91 Å². The highest BCUT2D eigenvalue weighted by molar-refractivity contribution is 5.76. The van der Waals surface area contributed by atoms with Crippen LogP contribution in [-0.2, 0) is 17.8 Å². The largest absolute Gasteiger partial charge is 0.491 e. The monoisotopic (exact) mass is 369 g/mol. The number of aromatic nitrogens is 2. The fraction of sp³-hybridized carbons (Fsp3) is 0.545. The molecule has 0 aliphatic carbocycles. The lowest BCUT2D eigenvalue weighted by Gasteiger charge is -2.23. The first-order chi connectivity index (χ1) is 13.3. The van der Waals surface area contributed by atoms with Crippen LogP contribution in [0.25, 0.3) is 0 Å². The summed E-state index contributed by atoms with van der Waals surface area (Å²) in [7, 11) is 0. The van der Waals surface area contributed by atoms with E-state index in [1.165, 1.54) is 31.2 Å². The van der Waals surface area contributed by atoms with Crippen LogP contribution in [0, 0.1) is 0 Å². The molecule has 0 fully saturated rings. The highest BCUT2D eigenvalue weighted by Crippen LogP contribution is 2.21. The molecule has 146 valence electrons. The van der Waals surface area contributed by atoms with Gasteiger partial charge in [-0.15, -0.1) is 0 Å². The molecule has 0 saturated carbocycles. The molecule has 0 radical (unpaired) electrons. The van der Waals surface area contributed by atoms with E-state index in [1.807, 2.05) is 34.0 Å². The Morgan fingerprint density at radius 1 is 1.04 bits per heavy atom. The molecule has 0 bridgehead atoms. The van der Waals surface area contributed by atoms with Crippen LogP contribution >= 0.6 is 0 Å². The first-order valence-corrected chi connectivity index (χ1v) is 10.3. The summed E-state index contributed by atoms with van der Waals surface area (Å²) in [5.74, 6) is 1.21. The second-order valence-corrected chi connectivity index (χ2v) is 7.23. The third-order valence-corrected chi connectivity index (χ3v) is 5.16. The Morgan fingerprint density at radius 2 is 1.89 bits per heavy atom. The maximum atomic E-state index is 12.7. The Bertz CT molecular complexity index is 685. The zero-order valence-corrected chi connectivity index (χ0v) is 16.2. The summed E-state index contributed by atoms with van der Waals surface area (Å²) in [5, 5.41) is 4.20. The van der Waals surface area contributed by atoms with Gasteiger partial charge in [-0.3, -0.25) is 9.48 Å². The normalized spacial score (nSPS) is 16.4. The molecule has 0 saturated heterocycles. The molecular weight excluding hydrogens is 338 g/mol. The fourth-order valence-electron chi connectivity index (χ4n) is 3.61. The van der Waals surface area contributed by atoms with Crippen LogP contribution in [0.4, 0.5) is 0 Å². The summed E-state index contributed by atoms with van der Waals surface area (Å²) in [6.45, 7) is 2.85. The Labute approximate surface area is 162 Å². The van der Waals surface area contributed by atoms with Crippen LogP contribution in [0.2, 0.25) is 0 Å². The standard InChI is InChI=1S/C22H31N3O2/c26-22(13-8-16-25-17-9-14-23-25)24-15-7-3-1-2-4-10-20-11-5-6-12-21(20)27-19-18-24/h5-6,9,11-12,14,17H,1-4,7-8,10,13,15-16,18-19H2. The smallest absolute Gasteiger partial charge is 0.222 e. The van der Waals surface area contributed by atoms with Gasteiger partial charge in [-0.2, -0.15) is 5.10 Å². The van der Waals surface area contributed by atoms with Crippen molar-refractivity contribution in [1.29, 1.82) is 0 Å². The summed E-state index contributed by atoms with van der Waals surface area (Å²) in [6.07, 6.45) is 12.1. The van der Waals surface area contributed by atoms with E-state index in [2.05, 4.69) is 17.2 Å². The Kier molecular flexibility index (Phi) is 7.75. The van der Waals surface area contributed by atoms with Gasteiger partial charge in [-0.25, -0.2) is 0 Å². The zero-order valence-electron chi connectivity index (χ0n) is 16.2. The van der Waals surface area contributed by atoms with Crippen molar-refractivity contribution in [2.45, 2.75) is 57.9 Å². The molecule has 1 aliphatic rings. The molecule has 3 rings (SSSR count). The van der Waals surface area contributed by atoms with Crippen molar-refractivity contribution in [1.82, 2.24) is 14.7 Å². The van der Waals surface area contributed by atoms with Crippen molar-refractivity contribution < 1.29 is 9.53 Å². The van der Waals surface area contributed by atoms with Gasteiger partial charge in [-0.05, 0) is 43.4 Å². The number of para-hydroxylation sites is 1. The fourth-order valence-corrected chi connectivity index (χ4v) is 3.61. The first kappa shape index (κ1) is 19.5. The number of hydrogen-bond donors (Lipinski definition) is 0. The van der Waals surface area contributed by atoms with Gasteiger partial charge in [0.1, 0.15) is 12.4 Å². The average Bonchev–Trinajstić information content (AvgIpc) is 3.20. The van der Waals surface area contributed by atoms with Crippen molar-refractivity contribution in [3.63, 3.8) is 0 Å². The molecule has 5 heteroatoms. The number of ether oxygens (including phenoxy) is 1. The SMILES string of the molecule is O=C(CCCn1cccn1)N1CCCCCCCc2ccccc2OCC1. The molecular formula is C22H31N3O2. The highest BCUT2D eigenvalue weighted by atomic mass is 16.5. The quantitative estimate of drug-likeness (QED) is 0.816. The van der Waals surface area contributed by atoms with Crippen molar-refractivity contribution in [3.05, 3.63) is 48.3 Å². The number of hydrogen-bond acceptors (Lipinski definition) is 3. The predicted octanol–water partition coefficient (Wildman–Crippen LogP) is 4.08. The summed E-state index contributed by atoms with van der Waals surface area (Å²) in [6, 6.07) is 10.2. The third-order valence-electron chi connectivity index (χ3n) is 5.16. The first-order valence-electron chi connectivity index (χ1n) is 10.3. The molecule has 1 aromatic carbocycles. The molecule has 0 N–H and O–H groups in total. The van der Waals surface area contributed by atoms with E-state index in [9.17, 15) is 4.79 Å². The van der Waals surface area contributed by atoms with Crippen molar-refractivity contribution >= 4 is 5.91 Å². The maximum absolute atomic E-state index is 12.7. The van der Waals surface area contributed by atoms with E-state index in [1.54, 1.807) is 6.20 Å². The summed E-state index contributed by atoms with van der Waals surface area (Å²) in [4.78, 5) is 14.7. The van der Waals surface area contributed by atoms with Gasteiger partial charge in [0.05, 0.1) is 6.54 Å². The second kappa shape index (κ2) is 10.8. The van der Waals surface area contributed by atoms with E-state index >= 15 is 0 Å². The van der Waals surface area contributed by atoms with Crippen molar-refractivity contribution in [2.24, 2.45) is 0 Å². The molecule has 2 heterocycles. The number of fused-ring (bicyclic) bond motifs is 1. The highest BCUT2D eigenvalue weighted by Gasteiger charge is 2.14. The van der Waals surface area contributed by atoms with E-state index in [4.69, 9.17) is 4.74 Å². The van der Waals surface area contributed by atoms with Crippen molar-refractivity contribution in [2.75, 3.05) is 19.7 Å². The van der Waals surface area contributed by atoms with Crippen LogP contribution in [0.1, 0.15) is 50.5 Å². The Balaban J connectivity index is 1.53. The number of aryl methyl sites for hydroxylation is 2. The van der Waals surface area contributed by atoms with Gasteiger partial charge in [-0.1, -0.05) is 37.5 Å². The number of benzene rings is 1. The number of carbonyl (C=O) groups excluding carboxylic acids is 1. The summed E-state index contributed by atoms with van der Waals surface area (Å²) < 4.78 is 7.92. The molecule has 1 amide bonds. The summed E-state index contributed by atoms with van der Waals surface area (Å²) >= 11 is 0. The number of rotatable bonds is 4. The van der Waals surface area contributed by atoms with Gasteiger partial charge >= 0.3 is 0 Å². The topological polar surface area (TPSA) is 47.4 Å². The number of carbonyl (C=O) groups is 1. The van der Waals surface area contributed by atoms with Gasteiger partial charge < -0.3 is 9.64 Å². The molecule has 0 atom stereocenters. The van der Waals surface area contributed by atoms with Crippen molar-refractivity contribution in [3.8, 4) is 5.75 Å². The van der Waals surface area contributed by atoms with E-state index in [0.717, 1.165) is 38.1 Å². The van der Waals surface area contributed by atoms with Crippen LogP contribution in [-0.4, -0.2) is 40.3 Å². The Morgan fingerprint density at radius 3 is 2.78 bits per heavy atom. The molecule has 1 aromatic heterocycles. The summed E-state index contributed by atoms with van der Waals surface area (Å²) in [5.41, 5.74) is 1.29. The van der Waals surface area contributed by atoms with E-state index in [0.29, 0.717) is 19.6 Å². The molecule has 5 nitrogen and oxygen atoms in total. The number of nitrogens with zero attached hydrogens (tertiary/aromatic N) is 3. The van der Waals surface area contributed by atoms with Gasteiger partial charge in [0.25, 0.3) is 0 Å².